The molecule has 0 aliphatic carbocycles. The van der Waals surface area contributed by atoms with E-state index in [9.17, 15) is 9.59 Å². The zero-order valence-corrected chi connectivity index (χ0v) is 10.5. The molecule has 0 aliphatic heterocycles. The molecule has 0 radical (unpaired) electrons. The summed E-state index contributed by atoms with van der Waals surface area (Å²) in [6.45, 7) is 1.88. The molecule has 0 amide bonds. The van der Waals surface area contributed by atoms with Gasteiger partial charge in [-0.3, -0.25) is 9.36 Å². The molecule has 0 bridgehead atoms. The number of carboxylic acids is 1. The number of aromatic nitrogens is 2. The first-order valence-electron chi connectivity index (χ1n) is 5.91. The Bertz CT molecular complexity index is 663. The lowest BCUT2D eigenvalue weighted by molar-refractivity contribution is -0.142. The fourth-order valence-electron chi connectivity index (χ4n) is 1.88. The second-order valence-electron chi connectivity index (χ2n) is 3.98. The van der Waals surface area contributed by atoms with Crippen molar-refractivity contribution in [2.75, 3.05) is 6.61 Å². The molecular formula is C13H14N2O4. The lowest BCUT2D eigenvalue weighted by Gasteiger charge is -2.11. The summed E-state index contributed by atoms with van der Waals surface area (Å²) < 4.78 is 6.50. The van der Waals surface area contributed by atoms with E-state index in [1.54, 1.807) is 24.3 Å². The molecule has 0 atom stereocenters. The number of rotatable bonds is 5. The summed E-state index contributed by atoms with van der Waals surface area (Å²) in [4.78, 5) is 27.0. The third-order valence-corrected chi connectivity index (χ3v) is 2.71. The van der Waals surface area contributed by atoms with Gasteiger partial charge in [0, 0.05) is 6.54 Å². The molecule has 0 aliphatic rings. The Morgan fingerprint density at radius 1 is 1.42 bits per heavy atom. The van der Waals surface area contributed by atoms with Crippen LogP contribution in [0.2, 0.25) is 0 Å². The Morgan fingerprint density at radius 3 is 2.84 bits per heavy atom. The molecule has 0 saturated carbocycles. The maximum Gasteiger partial charge on any atom is 0.329 e. The van der Waals surface area contributed by atoms with E-state index >= 15 is 0 Å². The Morgan fingerprint density at radius 2 is 2.16 bits per heavy atom. The van der Waals surface area contributed by atoms with Crippen molar-refractivity contribution in [2.24, 2.45) is 0 Å². The van der Waals surface area contributed by atoms with Gasteiger partial charge >= 0.3 is 5.97 Å². The molecule has 2 aromatic rings. The Balaban J connectivity index is 2.42. The fraction of sp³-hybridized carbons (Fsp3) is 0.308. The van der Waals surface area contributed by atoms with Gasteiger partial charge in [-0.25, -0.2) is 9.78 Å². The minimum Gasteiger partial charge on any atom is -0.480 e. The average Bonchev–Trinajstić information content (AvgIpc) is 2.39. The van der Waals surface area contributed by atoms with Crippen molar-refractivity contribution < 1.29 is 14.6 Å². The first-order valence-corrected chi connectivity index (χ1v) is 5.91. The Kier molecular flexibility index (Phi) is 3.91. The van der Waals surface area contributed by atoms with E-state index in [1.807, 2.05) is 6.92 Å². The van der Waals surface area contributed by atoms with E-state index in [-0.39, 0.29) is 12.2 Å². The van der Waals surface area contributed by atoms with Crippen LogP contribution in [0.25, 0.3) is 10.9 Å². The van der Waals surface area contributed by atoms with Crippen molar-refractivity contribution in [3.8, 4) is 0 Å². The Labute approximate surface area is 109 Å². The molecule has 1 heterocycles. The topological polar surface area (TPSA) is 81.4 Å². The number of fused-ring (bicyclic) bond motifs is 1. The van der Waals surface area contributed by atoms with Crippen LogP contribution in [0.4, 0.5) is 0 Å². The predicted octanol–water partition coefficient (Wildman–Crippen LogP) is 1.02. The van der Waals surface area contributed by atoms with E-state index in [0.717, 1.165) is 0 Å². The van der Waals surface area contributed by atoms with Crippen LogP contribution in [0.3, 0.4) is 0 Å². The van der Waals surface area contributed by atoms with Crippen LogP contribution >= 0.6 is 0 Å². The molecule has 1 aromatic carbocycles. The molecule has 19 heavy (non-hydrogen) atoms. The smallest absolute Gasteiger partial charge is 0.329 e. The highest BCUT2D eigenvalue weighted by atomic mass is 16.5. The van der Waals surface area contributed by atoms with Crippen molar-refractivity contribution in [1.82, 2.24) is 9.55 Å². The van der Waals surface area contributed by atoms with Crippen molar-refractivity contribution in [3.63, 3.8) is 0 Å². The molecule has 1 N–H and O–H groups in total. The van der Waals surface area contributed by atoms with Gasteiger partial charge in [-0.05, 0) is 19.1 Å². The molecule has 6 nitrogen and oxygen atoms in total. The number of benzene rings is 1. The van der Waals surface area contributed by atoms with Crippen LogP contribution in [0, 0.1) is 0 Å². The van der Waals surface area contributed by atoms with Gasteiger partial charge in [0.2, 0.25) is 0 Å². The number of carboxylic acid groups (broad SMARTS) is 1. The van der Waals surface area contributed by atoms with Crippen LogP contribution in [0.1, 0.15) is 12.7 Å². The second kappa shape index (κ2) is 5.62. The minimum atomic E-state index is -1.05. The van der Waals surface area contributed by atoms with Gasteiger partial charge in [0.1, 0.15) is 19.0 Å². The monoisotopic (exact) mass is 262 g/mol. The van der Waals surface area contributed by atoms with Crippen LogP contribution in [-0.4, -0.2) is 27.2 Å². The maximum absolute atomic E-state index is 12.2. The van der Waals surface area contributed by atoms with E-state index < -0.39 is 12.6 Å². The summed E-state index contributed by atoms with van der Waals surface area (Å²) >= 11 is 0. The summed E-state index contributed by atoms with van der Waals surface area (Å²) in [5.41, 5.74) is 0.452. The highest BCUT2D eigenvalue weighted by molar-refractivity contribution is 5.77. The molecule has 100 valence electrons. The highest BCUT2D eigenvalue weighted by Crippen LogP contribution is 2.08. The SMILES string of the molecule is CCn1c(COCC(=O)O)nc2ccccc2c1=O. The fourth-order valence-corrected chi connectivity index (χ4v) is 1.88. The molecule has 0 saturated heterocycles. The molecule has 1 aromatic heterocycles. The van der Waals surface area contributed by atoms with Gasteiger partial charge in [0.25, 0.3) is 5.56 Å². The van der Waals surface area contributed by atoms with Gasteiger partial charge in [-0.2, -0.15) is 0 Å². The average molecular weight is 262 g/mol. The molecule has 0 fully saturated rings. The first-order chi connectivity index (χ1) is 9.13. The van der Waals surface area contributed by atoms with Crippen molar-refractivity contribution in [2.45, 2.75) is 20.1 Å². The summed E-state index contributed by atoms with van der Waals surface area (Å²) in [5, 5.41) is 9.08. The van der Waals surface area contributed by atoms with Crippen LogP contribution < -0.4 is 5.56 Å². The normalized spacial score (nSPS) is 10.8. The first kappa shape index (κ1) is 13.2. The largest absolute Gasteiger partial charge is 0.480 e. The zero-order valence-electron chi connectivity index (χ0n) is 10.5. The zero-order chi connectivity index (χ0) is 13.8. The summed E-state index contributed by atoms with van der Waals surface area (Å²) in [6, 6.07) is 7.05. The maximum atomic E-state index is 12.2. The lowest BCUT2D eigenvalue weighted by atomic mass is 10.2. The van der Waals surface area contributed by atoms with Gasteiger partial charge < -0.3 is 9.84 Å². The number of hydrogen-bond acceptors (Lipinski definition) is 4. The van der Waals surface area contributed by atoms with E-state index in [1.165, 1.54) is 4.57 Å². The number of hydrogen-bond donors (Lipinski definition) is 1. The molecule has 2 rings (SSSR count). The third-order valence-electron chi connectivity index (χ3n) is 2.71. The summed E-state index contributed by atoms with van der Waals surface area (Å²) in [7, 11) is 0. The molecular weight excluding hydrogens is 248 g/mol. The number of ether oxygens (including phenoxy) is 1. The van der Waals surface area contributed by atoms with Crippen molar-refractivity contribution in [1.29, 1.82) is 0 Å². The number of carbonyl (C=O) groups is 1. The third kappa shape index (κ3) is 2.79. The number of aliphatic carboxylic acids is 1. The number of nitrogens with zero attached hydrogens (tertiary/aromatic N) is 2. The van der Waals surface area contributed by atoms with Gasteiger partial charge in [-0.1, -0.05) is 12.1 Å². The highest BCUT2D eigenvalue weighted by Gasteiger charge is 2.10. The lowest BCUT2D eigenvalue weighted by Crippen LogP contribution is -2.25. The molecule has 0 unspecified atom stereocenters. The summed E-state index contributed by atoms with van der Waals surface area (Å²) in [6.07, 6.45) is 0. The summed E-state index contributed by atoms with van der Waals surface area (Å²) in [5.74, 6) is -0.612. The van der Waals surface area contributed by atoms with Crippen LogP contribution in [-0.2, 0) is 22.7 Å². The van der Waals surface area contributed by atoms with Gasteiger partial charge in [0.05, 0.1) is 10.9 Å². The second-order valence-corrected chi connectivity index (χ2v) is 3.98. The van der Waals surface area contributed by atoms with Gasteiger partial charge in [0.15, 0.2) is 0 Å². The van der Waals surface area contributed by atoms with E-state index in [0.29, 0.717) is 23.3 Å². The Hall–Kier alpha value is -2.21. The van der Waals surface area contributed by atoms with Crippen molar-refractivity contribution >= 4 is 16.9 Å². The minimum absolute atomic E-state index is 0.000213. The van der Waals surface area contributed by atoms with E-state index in [2.05, 4.69) is 4.98 Å². The van der Waals surface area contributed by atoms with Gasteiger partial charge in [-0.15, -0.1) is 0 Å². The standard InChI is InChI=1S/C13H14N2O4/c1-2-15-11(7-19-8-12(16)17)14-10-6-4-3-5-9(10)13(15)18/h3-6H,2,7-8H2,1H3,(H,16,17). The molecule has 6 heteroatoms. The quantitative estimate of drug-likeness (QED) is 0.870. The predicted molar refractivity (Wildman–Crippen MR) is 69.0 cm³/mol. The van der Waals surface area contributed by atoms with E-state index in [4.69, 9.17) is 9.84 Å². The van der Waals surface area contributed by atoms with Crippen molar-refractivity contribution in [3.05, 3.63) is 40.4 Å². The number of para-hydroxylation sites is 1. The van der Waals surface area contributed by atoms with Crippen LogP contribution in [0.15, 0.2) is 29.1 Å². The van der Waals surface area contributed by atoms with Crippen LogP contribution in [0.5, 0.6) is 0 Å². The molecule has 0 spiro atoms.